The first-order valence-electron chi connectivity index (χ1n) is 7.99. The fraction of sp³-hybridized carbons (Fsp3) is 0.368. The maximum Gasteiger partial charge on any atom is 0.194 e. The van der Waals surface area contributed by atoms with Gasteiger partial charge in [0.1, 0.15) is 5.82 Å². The van der Waals surface area contributed by atoms with Crippen LogP contribution in [0, 0.1) is 6.92 Å². The Hall–Kier alpha value is -2.16. The molecule has 0 aliphatic carbocycles. The minimum absolute atomic E-state index is 0.0367. The summed E-state index contributed by atoms with van der Waals surface area (Å²) in [7, 11) is 0. The van der Waals surface area contributed by atoms with Crippen molar-refractivity contribution in [3.8, 4) is 0 Å². The van der Waals surface area contributed by atoms with Gasteiger partial charge in [-0.05, 0) is 31.9 Å². The number of benzene rings is 1. The second-order valence-corrected chi connectivity index (χ2v) is 5.48. The van der Waals surface area contributed by atoms with Gasteiger partial charge in [0.05, 0.1) is 5.69 Å². The van der Waals surface area contributed by atoms with E-state index in [4.69, 9.17) is 0 Å². The lowest BCUT2D eigenvalue weighted by atomic mass is 10.0. The summed E-state index contributed by atoms with van der Waals surface area (Å²) in [6.45, 7) is 8.24. The Kier molecular flexibility index (Phi) is 5.70. The van der Waals surface area contributed by atoms with Crippen LogP contribution in [0.3, 0.4) is 0 Å². The van der Waals surface area contributed by atoms with Crippen LogP contribution in [0.25, 0.3) is 0 Å². The fourth-order valence-electron chi connectivity index (χ4n) is 2.59. The molecule has 0 radical (unpaired) electrons. The molecule has 0 saturated heterocycles. The van der Waals surface area contributed by atoms with Gasteiger partial charge in [-0.2, -0.15) is 0 Å². The van der Waals surface area contributed by atoms with E-state index in [0.717, 1.165) is 37.4 Å². The van der Waals surface area contributed by atoms with E-state index in [9.17, 15) is 4.79 Å². The van der Waals surface area contributed by atoms with Crippen molar-refractivity contribution in [1.82, 2.24) is 4.98 Å². The van der Waals surface area contributed by atoms with Gasteiger partial charge in [-0.3, -0.25) is 4.79 Å². The number of anilines is 1. The summed E-state index contributed by atoms with van der Waals surface area (Å²) in [5.74, 6) is 1.00. The second-order valence-electron chi connectivity index (χ2n) is 5.48. The lowest BCUT2D eigenvalue weighted by molar-refractivity contribution is 0.103. The molecule has 116 valence electrons. The molecule has 0 N–H and O–H groups in total. The van der Waals surface area contributed by atoms with Crippen LogP contribution >= 0.6 is 0 Å². The highest BCUT2D eigenvalue weighted by molar-refractivity contribution is 6.09. The first-order valence-corrected chi connectivity index (χ1v) is 7.99. The van der Waals surface area contributed by atoms with Crippen LogP contribution in [0.5, 0.6) is 0 Å². The van der Waals surface area contributed by atoms with E-state index in [1.807, 2.05) is 49.4 Å². The Morgan fingerprint density at radius 3 is 2.18 bits per heavy atom. The Labute approximate surface area is 133 Å². The van der Waals surface area contributed by atoms with Gasteiger partial charge < -0.3 is 4.90 Å². The maximum atomic E-state index is 12.5. The Bertz CT molecular complexity index is 617. The molecule has 0 unspecified atom stereocenters. The molecular formula is C19H24N2O. The van der Waals surface area contributed by atoms with Gasteiger partial charge in [-0.25, -0.2) is 4.98 Å². The zero-order chi connectivity index (χ0) is 15.9. The summed E-state index contributed by atoms with van der Waals surface area (Å²) < 4.78 is 0. The van der Waals surface area contributed by atoms with E-state index >= 15 is 0 Å². The first-order chi connectivity index (χ1) is 10.7. The molecule has 2 aromatic rings. The molecule has 0 saturated carbocycles. The van der Waals surface area contributed by atoms with E-state index in [-0.39, 0.29) is 5.78 Å². The van der Waals surface area contributed by atoms with Crippen LogP contribution < -0.4 is 4.90 Å². The second kappa shape index (κ2) is 7.74. The third kappa shape index (κ3) is 3.73. The highest BCUT2D eigenvalue weighted by Crippen LogP contribution is 2.18. The number of carbonyl (C=O) groups is 1. The summed E-state index contributed by atoms with van der Waals surface area (Å²) in [5, 5.41) is 0. The predicted octanol–water partition coefficient (Wildman–Crippen LogP) is 4.25. The zero-order valence-corrected chi connectivity index (χ0v) is 13.7. The van der Waals surface area contributed by atoms with Gasteiger partial charge in [0, 0.05) is 24.2 Å². The van der Waals surface area contributed by atoms with Crippen molar-refractivity contribution in [3.63, 3.8) is 0 Å². The van der Waals surface area contributed by atoms with Crippen molar-refractivity contribution in [3.05, 3.63) is 59.3 Å². The molecule has 0 fully saturated rings. The van der Waals surface area contributed by atoms with Gasteiger partial charge in [-0.15, -0.1) is 0 Å². The van der Waals surface area contributed by atoms with Gasteiger partial charge >= 0.3 is 0 Å². The van der Waals surface area contributed by atoms with Crippen LogP contribution in [0.1, 0.15) is 48.3 Å². The summed E-state index contributed by atoms with van der Waals surface area (Å²) >= 11 is 0. The quantitative estimate of drug-likeness (QED) is 0.716. The van der Waals surface area contributed by atoms with Crippen molar-refractivity contribution < 1.29 is 4.79 Å². The molecule has 0 bridgehead atoms. The molecule has 1 heterocycles. The normalized spacial score (nSPS) is 10.5. The van der Waals surface area contributed by atoms with E-state index < -0.39 is 0 Å². The summed E-state index contributed by atoms with van der Waals surface area (Å²) in [6, 6.07) is 13.2. The number of aromatic nitrogens is 1. The highest BCUT2D eigenvalue weighted by Gasteiger charge is 2.14. The third-order valence-corrected chi connectivity index (χ3v) is 3.66. The molecule has 0 aliphatic heterocycles. The topological polar surface area (TPSA) is 33.2 Å². The Morgan fingerprint density at radius 1 is 1.00 bits per heavy atom. The highest BCUT2D eigenvalue weighted by atomic mass is 16.1. The molecule has 0 atom stereocenters. The van der Waals surface area contributed by atoms with Gasteiger partial charge in [-0.1, -0.05) is 44.2 Å². The van der Waals surface area contributed by atoms with Crippen molar-refractivity contribution in [1.29, 1.82) is 0 Å². The SMILES string of the molecule is CCCN(CCC)c1ccc(C(=O)c2ccccc2)c(C)n1. The van der Waals surface area contributed by atoms with Gasteiger partial charge in [0.2, 0.25) is 0 Å². The van der Waals surface area contributed by atoms with Crippen molar-refractivity contribution >= 4 is 11.6 Å². The number of ketones is 1. The average Bonchev–Trinajstić information content (AvgIpc) is 2.55. The molecule has 3 heteroatoms. The van der Waals surface area contributed by atoms with Crippen molar-refractivity contribution in [2.24, 2.45) is 0 Å². The van der Waals surface area contributed by atoms with Crippen LogP contribution in [0.15, 0.2) is 42.5 Å². The number of rotatable bonds is 7. The molecule has 0 aliphatic rings. The number of aryl methyl sites for hydroxylation is 1. The van der Waals surface area contributed by atoms with E-state index in [1.165, 1.54) is 0 Å². The lowest BCUT2D eigenvalue weighted by Gasteiger charge is -2.23. The molecule has 3 nitrogen and oxygen atoms in total. The molecule has 2 rings (SSSR count). The molecule has 0 amide bonds. The number of pyridine rings is 1. The predicted molar refractivity (Wildman–Crippen MR) is 91.6 cm³/mol. The number of hydrogen-bond donors (Lipinski definition) is 0. The third-order valence-electron chi connectivity index (χ3n) is 3.66. The van der Waals surface area contributed by atoms with Gasteiger partial charge in [0.15, 0.2) is 5.78 Å². The molecule has 1 aromatic heterocycles. The molecular weight excluding hydrogens is 272 g/mol. The average molecular weight is 296 g/mol. The van der Waals surface area contributed by atoms with E-state index in [0.29, 0.717) is 11.1 Å². The van der Waals surface area contributed by atoms with Crippen molar-refractivity contribution in [2.75, 3.05) is 18.0 Å². The fourth-order valence-corrected chi connectivity index (χ4v) is 2.59. The minimum Gasteiger partial charge on any atom is -0.357 e. The molecule has 1 aromatic carbocycles. The van der Waals surface area contributed by atoms with Crippen molar-refractivity contribution in [2.45, 2.75) is 33.6 Å². The minimum atomic E-state index is 0.0367. The Morgan fingerprint density at radius 2 is 1.64 bits per heavy atom. The standard InChI is InChI=1S/C19H24N2O/c1-4-13-21(14-5-2)18-12-11-17(15(3)20-18)19(22)16-9-7-6-8-10-16/h6-12H,4-5,13-14H2,1-3H3. The number of carbonyl (C=O) groups excluding carboxylic acids is 1. The van der Waals surface area contributed by atoms with Gasteiger partial charge in [0.25, 0.3) is 0 Å². The van der Waals surface area contributed by atoms with E-state index in [1.54, 1.807) is 0 Å². The Balaban J connectivity index is 2.27. The zero-order valence-electron chi connectivity index (χ0n) is 13.7. The smallest absolute Gasteiger partial charge is 0.194 e. The van der Waals surface area contributed by atoms with Crippen LogP contribution in [0.4, 0.5) is 5.82 Å². The number of hydrogen-bond acceptors (Lipinski definition) is 3. The monoisotopic (exact) mass is 296 g/mol. The summed E-state index contributed by atoms with van der Waals surface area (Å²) in [4.78, 5) is 19.5. The lowest BCUT2D eigenvalue weighted by Crippen LogP contribution is -2.26. The largest absolute Gasteiger partial charge is 0.357 e. The van der Waals surface area contributed by atoms with E-state index in [2.05, 4.69) is 23.7 Å². The first kappa shape index (κ1) is 16.2. The summed E-state index contributed by atoms with van der Waals surface area (Å²) in [6.07, 6.45) is 2.18. The van der Waals surface area contributed by atoms with Crippen LogP contribution in [-0.4, -0.2) is 23.9 Å². The summed E-state index contributed by atoms with van der Waals surface area (Å²) in [5.41, 5.74) is 2.19. The molecule has 0 spiro atoms. The van der Waals surface area contributed by atoms with Crippen LogP contribution in [-0.2, 0) is 0 Å². The number of nitrogens with zero attached hydrogens (tertiary/aromatic N) is 2. The maximum absolute atomic E-state index is 12.5. The molecule has 22 heavy (non-hydrogen) atoms. The van der Waals surface area contributed by atoms with Crippen LogP contribution in [0.2, 0.25) is 0 Å².